The molecule has 0 aromatic heterocycles. The maximum atomic E-state index is 9.72. The summed E-state index contributed by atoms with van der Waals surface area (Å²) in [6, 6.07) is 5.65. The summed E-state index contributed by atoms with van der Waals surface area (Å²) >= 11 is 3.43. The SMILES string of the molecule is Oc1ccc(Br)cc1CC1CCCNC1. The van der Waals surface area contributed by atoms with Crippen LogP contribution in [0.4, 0.5) is 0 Å². The highest BCUT2D eigenvalue weighted by Gasteiger charge is 2.15. The van der Waals surface area contributed by atoms with E-state index in [1.165, 1.54) is 12.8 Å². The number of halogens is 1. The number of phenols is 1. The predicted octanol–water partition coefficient (Wildman–Crippen LogP) is 2.70. The third-order valence-electron chi connectivity index (χ3n) is 2.95. The minimum atomic E-state index is 0.420. The smallest absolute Gasteiger partial charge is 0.118 e. The molecule has 3 heteroatoms. The molecule has 2 rings (SSSR count). The molecule has 1 aliphatic heterocycles. The summed E-state index contributed by atoms with van der Waals surface area (Å²) in [5, 5.41) is 13.1. The minimum Gasteiger partial charge on any atom is -0.508 e. The lowest BCUT2D eigenvalue weighted by atomic mass is 9.92. The van der Waals surface area contributed by atoms with Gasteiger partial charge in [-0.25, -0.2) is 0 Å². The molecular weight excluding hydrogens is 254 g/mol. The van der Waals surface area contributed by atoms with E-state index in [1.807, 2.05) is 12.1 Å². The van der Waals surface area contributed by atoms with E-state index in [9.17, 15) is 5.11 Å². The maximum Gasteiger partial charge on any atom is 0.118 e. The van der Waals surface area contributed by atoms with E-state index >= 15 is 0 Å². The fourth-order valence-corrected chi connectivity index (χ4v) is 2.54. The highest BCUT2D eigenvalue weighted by Crippen LogP contribution is 2.26. The topological polar surface area (TPSA) is 32.3 Å². The number of piperidine rings is 1. The number of phenolic OH excluding ortho intramolecular Hbond substituents is 1. The van der Waals surface area contributed by atoms with Gasteiger partial charge in [-0.3, -0.25) is 0 Å². The molecule has 1 unspecified atom stereocenters. The van der Waals surface area contributed by atoms with Crippen molar-refractivity contribution in [3.05, 3.63) is 28.2 Å². The summed E-state index contributed by atoms with van der Waals surface area (Å²) in [4.78, 5) is 0. The molecule has 0 radical (unpaired) electrons. The Balaban J connectivity index is 2.05. The van der Waals surface area contributed by atoms with Crippen molar-refractivity contribution in [2.75, 3.05) is 13.1 Å². The molecule has 0 bridgehead atoms. The summed E-state index contributed by atoms with van der Waals surface area (Å²) in [7, 11) is 0. The van der Waals surface area contributed by atoms with E-state index in [1.54, 1.807) is 6.07 Å². The Hall–Kier alpha value is -0.540. The summed E-state index contributed by atoms with van der Waals surface area (Å²) in [6.07, 6.45) is 3.48. The number of benzene rings is 1. The van der Waals surface area contributed by atoms with E-state index < -0.39 is 0 Å². The normalized spacial score (nSPS) is 21.5. The number of aromatic hydroxyl groups is 1. The molecule has 2 N–H and O–H groups in total. The Labute approximate surface area is 98.8 Å². The van der Waals surface area contributed by atoms with Crippen LogP contribution in [0.25, 0.3) is 0 Å². The van der Waals surface area contributed by atoms with Gasteiger partial charge < -0.3 is 10.4 Å². The zero-order chi connectivity index (χ0) is 10.7. The average Bonchev–Trinajstić information content (AvgIpc) is 2.25. The van der Waals surface area contributed by atoms with Gasteiger partial charge in [0.2, 0.25) is 0 Å². The monoisotopic (exact) mass is 269 g/mol. The quantitative estimate of drug-likeness (QED) is 0.866. The van der Waals surface area contributed by atoms with Gasteiger partial charge in [-0.15, -0.1) is 0 Å². The highest BCUT2D eigenvalue weighted by molar-refractivity contribution is 9.10. The van der Waals surface area contributed by atoms with Gasteiger partial charge in [0.1, 0.15) is 5.75 Å². The van der Waals surface area contributed by atoms with E-state index in [4.69, 9.17) is 0 Å². The molecule has 1 atom stereocenters. The summed E-state index contributed by atoms with van der Waals surface area (Å²) in [5.41, 5.74) is 1.05. The first-order chi connectivity index (χ1) is 7.25. The van der Waals surface area contributed by atoms with Gasteiger partial charge in [0.05, 0.1) is 0 Å². The Kier molecular flexibility index (Phi) is 3.65. The van der Waals surface area contributed by atoms with E-state index in [-0.39, 0.29) is 0 Å². The Morgan fingerprint density at radius 3 is 3.07 bits per heavy atom. The first-order valence-electron chi connectivity index (χ1n) is 5.44. The standard InChI is InChI=1S/C12H16BrNO/c13-11-3-4-12(15)10(7-11)6-9-2-1-5-14-8-9/h3-4,7,9,14-15H,1-2,5-6,8H2. The molecule has 1 aromatic carbocycles. The molecular formula is C12H16BrNO. The van der Waals surface area contributed by atoms with Crippen molar-refractivity contribution >= 4 is 15.9 Å². The van der Waals surface area contributed by atoms with Crippen molar-refractivity contribution < 1.29 is 5.11 Å². The molecule has 0 spiro atoms. The van der Waals surface area contributed by atoms with Crippen LogP contribution in [-0.4, -0.2) is 18.2 Å². The molecule has 1 aliphatic rings. The Morgan fingerprint density at radius 2 is 2.33 bits per heavy atom. The van der Waals surface area contributed by atoms with Gasteiger partial charge in [0.25, 0.3) is 0 Å². The molecule has 0 aliphatic carbocycles. The fraction of sp³-hybridized carbons (Fsp3) is 0.500. The van der Waals surface area contributed by atoms with Gasteiger partial charge in [0.15, 0.2) is 0 Å². The van der Waals surface area contributed by atoms with Gasteiger partial charge in [-0.2, -0.15) is 0 Å². The molecule has 1 aromatic rings. The van der Waals surface area contributed by atoms with Crippen LogP contribution in [0.1, 0.15) is 18.4 Å². The molecule has 2 nitrogen and oxygen atoms in total. The lowest BCUT2D eigenvalue weighted by molar-refractivity contribution is 0.369. The highest BCUT2D eigenvalue weighted by atomic mass is 79.9. The second-order valence-electron chi connectivity index (χ2n) is 4.19. The predicted molar refractivity (Wildman–Crippen MR) is 65.1 cm³/mol. The minimum absolute atomic E-state index is 0.420. The third kappa shape index (κ3) is 2.95. The van der Waals surface area contributed by atoms with E-state index in [0.717, 1.165) is 29.5 Å². The summed E-state index contributed by atoms with van der Waals surface area (Å²) in [5.74, 6) is 1.09. The zero-order valence-corrected chi connectivity index (χ0v) is 10.3. The van der Waals surface area contributed by atoms with Crippen molar-refractivity contribution in [1.82, 2.24) is 5.32 Å². The van der Waals surface area contributed by atoms with Crippen LogP contribution in [0.2, 0.25) is 0 Å². The van der Waals surface area contributed by atoms with Gasteiger partial charge in [-0.1, -0.05) is 15.9 Å². The molecule has 1 saturated heterocycles. The Bertz CT molecular complexity index is 334. The molecule has 15 heavy (non-hydrogen) atoms. The number of rotatable bonds is 2. The largest absolute Gasteiger partial charge is 0.508 e. The lowest BCUT2D eigenvalue weighted by Crippen LogP contribution is -2.30. The molecule has 1 fully saturated rings. The first kappa shape index (κ1) is 11.0. The fourth-order valence-electron chi connectivity index (χ4n) is 2.13. The second-order valence-corrected chi connectivity index (χ2v) is 5.11. The van der Waals surface area contributed by atoms with Crippen LogP contribution in [0.15, 0.2) is 22.7 Å². The molecule has 0 saturated carbocycles. The summed E-state index contributed by atoms with van der Waals surface area (Å²) < 4.78 is 1.04. The molecule has 1 heterocycles. The van der Waals surface area contributed by atoms with Crippen LogP contribution < -0.4 is 5.32 Å². The molecule has 0 amide bonds. The van der Waals surface area contributed by atoms with E-state index in [0.29, 0.717) is 11.7 Å². The van der Waals surface area contributed by atoms with Crippen LogP contribution in [0.5, 0.6) is 5.75 Å². The zero-order valence-electron chi connectivity index (χ0n) is 8.67. The number of hydrogen-bond acceptors (Lipinski definition) is 2. The van der Waals surface area contributed by atoms with Gasteiger partial charge in [-0.05, 0) is 62.0 Å². The maximum absolute atomic E-state index is 9.72. The van der Waals surface area contributed by atoms with Crippen molar-refractivity contribution in [1.29, 1.82) is 0 Å². The second kappa shape index (κ2) is 4.99. The van der Waals surface area contributed by atoms with Crippen molar-refractivity contribution in [2.45, 2.75) is 19.3 Å². The van der Waals surface area contributed by atoms with E-state index in [2.05, 4.69) is 21.2 Å². The number of nitrogens with one attached hydrogen (secondary N) is 1. The Morgan fingerprint density at radius 1 is 1.47 bits per heavy atom. The lowest BCUT2D eigenvalue weighted by Gasteiger charge is -2.23. The van der Waals surface area contributed by atoms with Crippen LogP contribution in [0.3, 0.4) is 0 Å². The number of hydrogen-bond donors (Lipinski definition) is 2. The first-order valence-corrected chi connectivity index (χ1v) is 6.23. The van der Waals surface area contributed by atoms with Gasteiger partial charge >= 0.3 is 0 Å². The van der Waals surface area contributed by atoms with Crippen molar-refractivity contribution in [2.24, 2.45) is 5.92 Å². The van der Waals surface area contributed by atoms with Crippen molar-refractivity contribution in [3.63, 3.8) is 0 Å². The third-order valence-corrected chi connectivity index (χ3v) is 3.44. The van der Waals surface area contributed by atoms with Gasteiger partial charge in [0, 0.05) is 4.47 Å². The van der Waals surface area contributed by atoms with Crippen LogP contribution >= 0.6 is 15.9 Å². The molecule has 82 valence electrons. The summed E-state index contributed by atoms with van der Waals surface area (Å²) in [6.45, 7) is 2.22. The van der Waals surface area contributed by atoms with Crippen molar-refractivity contribution in [3.8, 4) is 5.75 Å². The average molecular weight is 270 g/mol. The van der Waals surface area contributed by atoms with Crippen LogP contribution in [-0.2, 0) is 6.42 Å². The van der Waals surface area contributed by atoms with Crippen LogP contribution in [0, 0.1) is 5.92 Å².